The highest BCUT2D eigenvalue weighted by molar-refractivity contribution is 5.48. The molecule has 25 heavy (non-hydrogen) atoms. The number of hydrogen-bond donors (Lipinski definition) is 1. The van der Waals surface area contributed by atoms with Crippen molar-refractivity contribution in [1.29, 1.82) is 0 Å². The third kappa shape index (κ3) is 3.00. The molecule has 0 bridgehead atoms. The van der Waals surface area contributed by atoms with Crippen LogP contribution in [0.1, 0.15) is 41.4 Å². The molecule has 4 heterocycles. The summed E-state index contributed by atoms with van der Waals surface area (Å²) in [7, 11) is 1.99. The van der Waals surface area contributed by atoms with E-state index in [0.29, 0.717) is 11.7 Å². The number of piperidine rings is 1. The fourth-order valence-electron chi connectivity index (χ4n) is 3.72. The van der Waals surface area contributed by atoms with E-state index in [2.05, 4.69) is 22.0 Å². The quantitative estimate of drug-likeness (QED) is 0.790. The van der Waals surface area contributed by atoms with Crippen molar-refractivity contribution in [1.82, 2.24) is 29.3 Å². The van der Waals surface area contributed by atoms with Crippen LogP contribution in [0.4, 0.5) is 5.82 Å². The van der Waals surface area contributed by atoms with E-state index in [9.17, 15) is 0 Å². The molecule has 3 aromatic rings. The Morgan fingerprint density at radius 1 is 1.28 bits per heavy atom. The summed E-state index contributed by atoms with van der Waals surface area (Å²) in [4.78, 5) is 7.32. The molecule has 1 atom stereocenters. The Morgan fingerprint density at radius 3 is 2.88 bits per heavy atom. The summed E-state index contributed by atoms with van der Waals surface area (Å²) in [6, 6.07) is 3.97. The second-order valence-electron chi connectivity index (χ2n) is 7.11. The van der Waals surface area contributed by atoms with Gasteiger partial charge in [-0.1, -0.05) is 0 Å². The molecule has 7 nitrogen and oxygen atoms in total. The molecular weight excluding hydrogens is 314 g/mol. The second-order valence-corrected chi connectivity index (χ2v) is 7.11. The minimum absolute atomic E-state index is 0.410. The summed E-state index contributed by atoms with van der Waals surface area (Å²) in [5.41, 5.74) is 11.6. The summed E-state index contributed by atoms with van der Waals surface area (Å²) in [6.45, 7) is 7.16. The van der Waals surface area contributed by atoms with Crippen molar-refractivity contribution >= 4 is 11.5 Å². The normalized spacial score (nSPS) is 18.9. The van der Waals surface area contributed by atoms with Crippen molar-refractivity contribution in [2.75, 3.05) is 18.8 Å². The zero-order valence-electron chi connectivity index (χ0n) is 15.1. The van der Waals surface area contributed by atoms with Gasteiger partial charge >= 0.3 is 0 Å². The number of nitrogens with two attached hydrogens (primary N) is 1. The van der Waals surface area contributed by atoms with Crippen LogP contribution >= 0.6 is 0 Å². The van der Waals surface area contributed by atoms with Crippen molar-refractivity contribution in [3.63, 3.8) is 0 Å². The van der Waals surface area contributed by atoms with Crippen molar-refractivity contribution < 1.29 is 0 Å². The number of aromatic nitrogens is 5. The van der Waals surface area contributed by atoms with Gasteiger partial charge in [-0.05, 0) is 33.2 Å². The Morgan fingerprint density at radius 2 is 2.12 bits per heavy atom. The SMILES string of the molecule is Cc1cc2nc(C3CCCN(Cc4cnn(C)c4C)C3)cc(N)n2n1. The second kappa shape index (κ2) is 6.15. The predicted molar refractivity (Wildman–Crippen MR) is 97.3 cm³/mol. The number of nitrogens with zero attached hydrogens (tertiary/aromatic N) is 6. The molecule has 0 amide bonds. The summed E-state index contributed by atoms with van der Waals surface area (Å²) < 4.78 is 3.66. The van der Waals surface area contributed by atoms with Crippen LogP contribution in [-0.4, -0.2) is 42.4 Å². The molecule has 3 aromatic heterocycles. The topological polar surface area (TPSA) is 77.3 Å². The highest BCUT2D eigenvalue weighted by Gasteiger charge is 2.24. The van der Waals surface area contributed by atoms with E-state index < -0.39 is 0 Å². The van der Waals surface area contributed by atoms with Gasteiger partial charge in [0.15, 0.2) is 5.65 Å². The largest absolute Gasteiger partial charge is 0.384 e. The van der Waals surface area contributed by atoms with Gasteiger partial charge in [-0.25, -0.2) is 4.98 Å². The van der Waals surface area contributed by atoms with E-state index in [4.69, 9.17) is 10.7 Å². The fraction of sp³-hybridized carbons (Fsp3) is 0.500. The Kier molecular flexibility index (Phi) is 3.95. The third-order valence-electron chi connectivity index (χ3n) is 5.25. The number of fused-ring (bicyclic) bond motifs is 1. The number of aryl methyl sites for hydroxylation is 2. The maximum Gasteiger partial charge on any atom is 0.157 e. The first-order valence-electron chi connectivity index (χ1n) is 8.84. The molecule has 1 unspecified atom stereocenters. The van der Waals surface area contributed by atoms with Crippen LogP contribution < -0.4 is 5.73 Å². The van der Waals surface area contributed by atoms with E-state index in [1.807, 2.05) is 37.0 Å². The molecule has 2 N–H and O–H groups in total. The Hall–Kier alpha value is -2.41. The first-order valence-corrected chi connectivity index (χ1v) is 8.84. The van der Waals surface area contributed by atoms with Gasteiger partial charge in [0.2, 0.25) is 0 Å². The number of hydrogen-bond acceptors (Lipinski definition) is 5. The number of nitrogen functional groups attached to an aromatic ring is 1. The number of rotatable bonds is 3. The van der Waals surface area contributed by atoms with E-state index in [0.717, 1.165) is 43.1 Å². The average molecular weight is 339 g/mol. The van der Waals surface area contributed by atoms with Crippen LogP contribution in [0.15, 0.2) is 18.3 Å². The molecule has 7 heteroatoms. The van der Waals surface area contributed by atoms with Gasteiger partial charge in [0.25, 0.3) is 0 Å². The summed E-state index contributed by atoms with van der Waals surface area (Å²) >= 11 is 0. The first kappa shape index (κ1) is 16.1. The highest BCUT2D eigenvalue weighted by Crippen LogP contribution is 2.28. The zero-order valence-corrected chi connectivity index (χ0v) is 15.1. The van der Waals surface area contributed by atoms with E-state index >= 15 is 0 Å². The van der Waals surface area contributed by atoms with Gasteiger partial charge in [-0.2, -0.15) is 14.7 Å². The summed E-state index contributed by atoms with van der Waals surface area (Å²) in [5, 5.41) is 8.75. The van der Waals surface area contributed by atoms with Gasteiger partial charge in [0.1, 0.15) is 5.82 Å². The van der Waals surface area contributed by atoms with E-state index in [1.165, 1.54) is 17.7 Å². The molecule has 0 saturated carbocycles. The highest BCUT2D eigenvalue weighted by atomic mass is 15.3. The van der Waals surface area contributed by atoms with Crippen LogP contribution in [-0.2, 0) is 13.6 Å². The molecule has 0 radical (unpaired) electrons. The molecule has 0 aliphatic carbocycles. The van der Waals surface area contributed by atoms with Crippen molar-refractivity contribution in [3.05, 3.63) is 41.0 Å². The minimum atomic E-state index is 0.410. The standard InChI is InChI=1S/C18H25N7/c1-12-7-18-21-16(8-17(19)25(18)22-12)14-5-4-6-24(10-14)11-15-9-20-23(3)13(15)2/h7-9,14H,4-6,10-11,19H2,1-3H3. The monoisotopic (exact) mass is 339 g/mol. The predicted octanol–water partition coefficient (Wildman–Crippen LogP) is 2.04. The van der Waals surface area contributed by atoms with Crippen LogP contribution in [0.5, 0.6) is 0 Å². The number of likely N-dealkylation sites (tertiary alicyclic amines) is 1. The van der Waals surface area contributed by atoms with E-state index in [1.54, 1.807) is 4.52 Å². The van der Waals surface area contributed by atoms with Crippen LogP contribution in [0.3, 0.4) is 0 Å². The molecular formula is C18H25N7. The van der Waals surface area contributed by atoms with Crippen LogP contribution in [0.25, 0.3) is 5.65 Å². The first-order chi connectivity index (χ1) is 12.0. The molecule has 0 spiro atoms. The average Bonchev–Trinajstić information content (AvgIpc) is 3.12. The molecule has 1 fully saturated rings. The Labute approximate surface area is 147 Å². The lowest BCUT2D eigenvalue weighted by atomic mass is 9.94. The fourth-order valence-corrected chi connectivity index (χ4v) is 3.72. The van der Waals surface area contributed by atoms with Gasteiger partial charge in [-0.15, -0.1) is 0 Å². The van der Waals surface area contributed by atoms with Gasteiger partial charge in [-0.3, -0.25) is 9.58 Å². The molecule has 1 aliphatic heterocycles. The Bertz CT molecular complexity index is 908. The molecule has 4 rings (SSSR count). The lowest BCUT2D eigenvalue weighted by Gasteiger charge is -2.32. The smallest absolute Gasteiger partial charge is 0.157 e. The lowest BCUT2D eigenvalue weighted by molar-refractivity contribution is 0.198. The number of anilines is 1. The summed E-state index contributed by atoms with van der Waals surface area (Å²) in [6.07, 6.45) is 4.31. The zero-order chi connectivity index (χ0) is 17.6. The molecule has 1 aliphatic rings. The van der Waals surface area contributed by atoms with Gasteiger partial charge in [0.05, 0.1) is 17.6 Å². The van der Waals surface area contributed by atoms with Crippen molar-refractivity contribution in [2.24, 2.45) is 7.05 Å². The maximum absolute atomic E-state index is 6.19. The van der Waals surface area contributed by atoms with Crippen molar-refractivity contribution in [2.45, 2.75) is 39.2 Å². The molecule has 0 aromatic carbocycles. The van der Waals surface area contributed by atoms with Gasteiger partial charge in [0, 0.05) is 49.4 Å². The van der Waals surface area contributed by atoms with E-state index in [-0.39, 0.29) is 0 Å². The maximum atomic E-state index is 6.19. The van der Waals surface area contributed by atoms with Crippen molar-refractivity contribution in [3.8, 4) is 0 Å². The van der Waals surface area contributed by atoms with Gasteiger partial charge < -0.3 is 5.73 Å². The summed E-state index contributed by atoms with van der Waals surface area (Å²) in [5.74, 6) is 1.07. The Balaban J connectivity index is 1.55. The third-order valence-corrected chi connectivity index (χ3v) is 5.25. The van der Waals surface area contributed by atoms with Crippen LogP contribution in [0.2, 0.25) is 0 Å². The molecule has 1 saturated heterocycles. The molecule has 132 valence electrons. The minimum Gasteiger partial charge on any atom is -0.384 e. The van der Waals surface area contributed by atoms with Crippen LogP contribution in [0, 0.1) is 13.8 Å². The lowest BCUT2D eigenvalue weighted by Crippen LogP contribution is -2.34.